The van der Waals surface area contributed by atoms with Crippen molar-refractivity contribution < 1.29 is 94.1 Å². The van der Waals surface area contributed by atoms with Crippen LogP contribution in [0.25, 0.3) is 0 Å². The van der Waals surface area contributed by atoms with E-state index in [2.05, 4.69) is 0 Å². The van der Waals surface area contributed by atoms with Gasteiger partial charge in [0.1, 0.15) is 0 Å². The largest absolute Gasteiger partial charge is 0.0814 e. The van der Waals surface area contributed by atoms with Crippen LogP contribution in [-0.2, 0) is 94.1 Å². The summed E-state index contributed by atoms with van der Waals surface area (Å²) >= 11 is 0. The molecule has 0 saturated heterocycles. The summed E-state index contributed by atoms with van der Waals surface area (Å²) in [6, 6.07) is 0. The third-order valence-electron chi connectivity index (χ3n) is 0. The Hall–Kier alpha value is 3.24. The minimum absolute atomic E-state index is 0. The molecule has 0 N–H and O–H groups in total. The molecule has 0 aromatic carbocycles. The van der Waals surface area contributed by atoms with Crippen LogP contribution in [0.3, 0.4) is 0 Å². The fourth-order valence-electron chi connectivity index (χ4n) is 0. The van der Waals surface area contributed by atoms with Gasteiger partial charge in [-0.25, -0.2) is 0 Å². The first kappa shape index (κ1) is 83.2. The van der Waals surface area contributed by atoms with Crippen molar-refractivity contribution in [3.05, 3.63) is 0 Å². The topological polar surface area (TPSA) is 0 Å². The Kier molecular flexibility index (Phi) is 710. The summed E-state index contributed by atoms with van der Waals surface area (Å²) in [4.78, 5) is 0. The normalized spacial score (nSPS) is 0. The van der Waals surface area contributed by atoms with Gasteiger partial charge in [-0.3, -0.25) is 0 Å². The van der Waals surface area contributed by atoms with Gasteiger partial charge >= 0.3 is 0 Å². The summed E-state index contributed by atoms with van der Waals surface area (Å²) in [5.74, 6) is 0. The van der Waals surface area contributed by atoms with Gasteiger partial charge in [0.05, 0.1) is 8.41 Å². The third-order valence-corrected chi connectivity index (χ3v) is 0. The van der Waals surface area contributed by atoms with Crippen LogP contribution >= 0.6 is 0 Å². The van der Waals surface area contributed by atoms with Crippen molar-refractivity contribution in [1.82, 2.24) is 0 Å². The summed E-state index contributed by atoms with van der Waals surface area (Å²) in [5, 5.41) is 0. The zero-order valence-corrected chi connectivity index (χ0v) is 9.07. The first-order valence-corrected chi connectivity index (χ1v) is 0. The van der Waals surface area contributed by atoms with Crippen molar-refractivity contribution in [2.24, 2.45) is 0 Å². The van der Waals surface area contributed by atoms with E-state index in [1.165, 1.54) is 0 Å². The minimum Gasteiger partial charge on any atom is -0.0149 e. The van der Waals surface area contributed by atoms with Crippen molar-refractivity contribution >= 4 is 19.4 Å². The number of hydrogen-bond acceptors (Lipinski definition) is 0. The average molecular weight is 413 g/mol. The summed E-state index contributed by atoms with van der Waals surface area (Å²) in [7, 11) is 0. The van der Waals surface area contributed by atoms with E-state index in [1.807, 2.05) is 0 Å². The van der Waals surface area contributed by atoms with Gasteiger partial charge in [0.25, 0.3) is 0 Å². The molecule has 0 aliphatic heterocycles. The molecule has 7 heteroatoms. The van der Waals surface area contributed by atoms with Gasteiger partial charge < -0.3 is 0 Å². The van der Waals surface area contributed by atoms with E-state index in [-0.39, 0.29) is 113 Å². The molecule has 0 atom stereocenters. The van der Waals surface area contributed by atoms with Gasteiger partial charge in [0.2, 0.25) is 0 Å². The van der Waals surface area contributed by atoms with Crippen LogP contribution in [0.2, 0.25) is 0 Å². The maximum absolute atomic E-state index is 0. The maximum Gasteiger partial charge on any atom is 0.0814 e. The van der Waals surface area contributed by atoms with Gasteiger partial charge in [-0.2, -0.15) is 0 Å². The van der Waals surface area contributed by atoms with Crippen molar-refractivity contribution in [3.8, 4) is 0 Å². The Morgan fingerprint density at radius 2 is 1.00 bits per heavy atom. The van der Waals surface area contributed by atoms with Crippen LogP contribution in [0.1, 0.15) is 0 Å². The van der Waals surface area contributed by atoms with E-state index in [0.717, 1.165) is 0 Å². The van der Waals surface area contributed by atoms with Crippen molar-refractivity contribution in [2.45, 2.75) is 0 Å². The summed E-state index contributed by atoms with van der Waals surface area (Å²) in [5.41, 5.74) is 0. The molecule has 0 spiro atoms. The quantitative estimate of drug-likeness (QED) is 0.381. The molecule has 0 rings (SSSR count). The van der Waals surface area contributed by atoms with Crippen LogP contribution in [0, 0.1) is 0 Å². The Labute approximate surface area is 112 Å². The predicted molar refractivity (Wildman–Crippen MR) is 21.3 cm³/mol. The average Bonchev–Trinajstić information content (AvgIpc) is 0. The van der Waals surface area contributed by atoms with E-state index in [9.17, 15) is 0 Å². The van der Waals surface area contributed by atoms with Crippen molar-refractivity contribution in [2.75, 3.05) is 0 Å². The van der Waals surface area contributed by atoms with Gasteiger partial charge in [-0.05, 0) is 11.0 Å². The Bertz CT molecular complexity index is 19.7. The minimum atomic E-state index is 0. The summed E-state index contributed by atoms with van der Waals surface area (Å²) in [6.45, 7) is 0. The molecule has 2 radical (unpaired) electrons. The van der Waals surface area contributed by atoms with Crippen molar-refractivity contribution in [1.29, 1.82) is 0 Å². The van der Waals surface area contributed by atoms with Crippen LogP contribution in [0.15, 0.2) is 0 Å². The van der Waals surface area contributed by atoms with E-state index in [0.29, 0.717) is 0 Å². The molecule has 7 heavy (non-hydrogen) atoms. The fourth-order valence-corrected chi connectivity index (χ4v) is 0. The second-order valence-electron chi connectivity index (χ2n) is 0. The first-order valence-electron chi connectivity index (χ1n) is 0. The number of hydrogen-bond donors (Lipinski definition) is 0. The Morgan fingerprint density at radius 1 is 1.00 bits per heavy atom. The van der Waals surface area contributed by atoms with E-state index >= 15 is 0 Å². The van der Waals surface area contributed by atoms with Gasteiger partial charge in [-0.1, -0.05) is 0 Å². The predicted octanol–water partition coefficient (Wildman–Crippen LogP) is -2.65. The first-order chi connectivity index (χ1) is 0. The SMILES string of the molecule is B.[Cu].[Fe].[Mo].[Nb].[Ni].[SiH4]. The second kappa shape index (κ2) is 59.7. The Balaban J connectivity index is 0. The third kappa shape index (κ3) is 46.1. The van der Waals surface area contributed by atoms with Crippen LogP contribution in [0.5, 0.6) is 0 Å². The smallest absolute Gasteiger partial charge is 0.0149 e. The van der Waals surface area contributed by atoms with Gasteiger partial charge in [-0.15, -0.1) is 0 Å². The summed E-state index contributed by atoms with van der Waals surface area (Å²) in [6.07, 6.45) is 0. The Morgan fingerprint density at radius 3 is 1.00 bits per heavy atom. The molecule has 0 bridgehead atoms. The standard InChI is InChI=1S/BH3.Cu.Fe.Mo.Nb.Ni.H4Si/h1H3;;;;;;1H4. The molecule has 0 aromatic rings. The molecule has 0 aliphatic carbocycles. The molecule has 0 aromatic heterocycles. The molecule has 0 heterocycles. The zero-order valence-electron chi connectivity index (χ0n) is 1.83. The summed E-state index contributed by atoms with van der Waals surface area (Å²) < 4.78 is 0. The van der Waals surface area contributed by atoms with E-state index in [4.69, 9.17) is 0 Å². The molecule has 0 fully saturated rings. The molecule has 0 aliphatic rings. The zero-order chi connectivity index (χ0) is 0. The van der Waals surface area contributed by atoms with Crippen LogP contribution in [-0.4, -0.2) is 19.4 Å². The molecule has 0 unspecified atom stereocenters. The van der Waals surface area contributed by atoms with Crippen LogP contribution in [0.4, 0.5) is 0 Å². The maximum atomic E-state index is 0. The van der Waals surface area contributed by atoms with Crippen molar-refractivity contribution in [3.63, 3.8) is 0 Å². The van der Waals surface area contributed by atoms with E-state index < -0.39 is 0 Å². The molecule has 0 amide bonds. The number of rotatable bonds is 0. The van der Waals surface area contributed by atoms with Gasteiger partial charge in [0, 0.05) is 94.1 Å². The molecule has 0 nitrogen and oxygen atoms in total. The second-order valence-corrected chi connectivity index (χ2v) is 0. The monoisotopic (exact) mass is 414 g/mol. The molecular weight excluding hydrogens is 406 g/mol. The molecular formula is H7BCuFeMoNbNiSi. The van der Waals surface area contributed by atoms with E-state index in [1.54, 1.807) is 0 Å². The van der Waals surface area contributed by atoms with Crippen LogP contribution < -0.4 is 0 Å². The molecule has 0 saturated carbocycles. The van der Waals surface area contributed by atoms with Gasteiger partial charge in [0.15, 0.2) is 0 Å². The fraction of sp³-hybridized carbons (Fsp3) is 0. The molecule has 54 valence electrons.